The molecule has 0 amide bonds. The number of rotatable bonds is 4. The molecule has 1 rings (SSSR count). The number of aliphatic hydroxyl groups excluding tert-OH is 1. The average Bonchev–Trinajstić information content (AvgIpc) is 2.18. The van der Waals surface area contributed by atoms with Crippen molar-refractivity contribution in [1.29, 1.82) is 0 Å². The van der Waals surface area contributed by atoms with Crippen LogP contribution in [0.15, 0.2) is 24.3 Å². The minimum absolute atomic E-state index is 0.0407. The molecule has 3 N–H and O–H groups in total. The predicted molar refractivity (Wildman–Crippen MR) is 60.1 cm³/mol. The van der Waals surface area contributed by atoms with Crippen LogP contribution < -0.4 is 5.73 Å². The van der Waals surface area contributed by atoms with Gasteiger partial charge in [-0.05, 0) is 17.7 Å². The van der Waals surface area contributed by atoms with Crippen molar-refractivity contribution >= 4 is 15.5 Å². The fourth-order valence-electron chi connectivity index (χ4n) is 1.17. The van der Waals surface area contributed by atoms with E-state index in [0.717, 1.165) is 0 Å². The fourth-order valence-corrected chi connectivity index (χ4v) is 2.08. The third-order valence-corrected chi connectivity index (χ3v) is 3.88. The van der Waals surface area contributed by atoms with Gasteiger partial charge < -0.3 is 10.8 Å². The Morgan fingerprint density at radius 2 is 1.87 bits per heavy atom. The summed E-state index contributed by atoms with van der Waals surface area (Å²) < 4.78 is 22.5. The molecular formula is C10H15NO3S. The van der Waals surface area contributed by atoms with Gasteiger partial charge >= 0.3 is 0 Å². The van der Waals surface area contributed by atoms with E-state index in [4.69, 9.17) is 5.73 Å². The zero-order valence-electron chi connectivity index (χ0n) is 8.55. The van der Waals surface area contributed by atoms with E-state index in [1.54, 1.807) is 31.2 Å². The molecule has 0 bridgehead atoms. The van der Waals surface area contributed by atoms with Crippen molar-refractivity contribution in [2.24, 2.45) is 0 Å². The molecule has 84 valence electrons. The smallest absolute Gasteiger partial charge is 0.152 e. The Bertz CT molecular complexity index is 411. The molecule has 1 aromatic carbocycles. The van der Waals surface area contributed by atoms with Gasteiger partial charge in [0.05, 0.1) is 11.9 Å². The summed E-state index contributed by atoms with van der Waals surface area (Å²) in [6.07, 6.45) is -0.976. The van der Waals surface area contributed by atoms with Crippen LogP contribution >= 0.6 is 0 Å². The van der Waals surface area contributed by atoms with Crippen LogP contribution in [0, 0.1) is 0 Å². The number of anilines is 1. The SMILES string of the molecule is CCS(=O)(=O)C[C@@H](O)c1ccc(N)cc1. The monoisotopic (exact) mass is 229 g/mol. The molecule has 0 aliphatic heterocycles. The quantitative estimate of drug-likeness (QED) is 0.746. The second-order valence-corrected chi connectivity index (χ2v) is 5.78. The lowest BCUT2D eigenvalue weighted by Crippen LogP contribution is -2.16. The molecule has 0 aromatic heterocycles. The Morgan fingerprint density at radius 1 is 1.33 bits per heavy atom. The van der Waals surface area contributed by atoms with Crippen molar-refractivity contribution < 1.29 is 13.5 Å². The number of benzene rings is 1. The molecule has 0 heterocycles. The maximum Gasteiger partial charge on any atom is 0.152 e. The summed E-state index contributed by atoms with van der Waals surface area (Å²) in [6, 6.07) is 6.53. The lowest BCUT2D eigenvalue weighted by Gasteiger charge is -2.10. The third-order valence-electron chi connectivity index (χ3n) is 2.17. The van der Waals surface area contributed by atoms with Crippen LogP contribution in [0.3, 0.4) is 0 Å². The van der Waals surface area contributed by atoms with E-state index in [2.05, 4.69) is 0 Å². The van der Waals surface area contributed by atoms with E-state index < -0.39 is 15.9 Å². The molecule has 15 heavy (non-hydrogen) atoms. The van der Waals surface area contributed by atoms with E-state index in [-0.39, 0.29) is 11.5 Å². The van der Waals surface area contributed by atoms with Crippen molar-refractivity contribution in [3.05, 3.63) is 29.8 Å². The van der Waals surface area contributed by atoms with Crippen LogP contribution in [-0.2, 0) is 9.84 Å². The molecule has 0 saturated heterocycles. The van der Waals surface area contributed by atoms with E-state index in [1.807, 2.05) is 0 Å². The van der Waals surface area contributed by atoms with E-state index in [0.29, 0.717) is 11.3 Å². The molecule has 0 saturated carbocycles. The van der Waals surface area contributed by atoms with E-state index in [9.17, 15) is 13.5 Å². The van der Waals surface area contributed by atoms with Gasteiger partial charge in [0.15, 0.2) is 9.84 Å². The van der Waals surface area contributed by atoms with Crippen molar-refractivity contribution in [3.63, 3.8) is 0 Å². The predicted octanol–water partition coefficient (Wildman–Crippen LogP) is 0.737. The Morgan fingerprint density at radius 3 is 2.33 bits per heavy atom. The van der Waals surface area contributed by atoms with Crippen molar-refractivity contribution in [3.8, 4) is 0 Å². The van der Waals surface area contributed by atoms with E-state index in [1.165, 1.54) is 0 Å². The molecule has 0 unspecified atom stereocenters. The highest BCUT2D eigenvalue weighted by atomic mass is 32.2. The number of hydrogen-bond acceptors (Lipinski definition) is 4. The molecular weight excluding hydrogens is 214 g/mol. The first-order valence-corrected chi connectivity index (χ1v) is 6.50. The second-order valence-electron chi connectivity index (χ2n) is 3.38. The normalized spacial score (nSPS) is 13.7. The van der Waals surface area contributed by atoms with Gasteiger partial charge in [-0.15, -0.1) is 0 Å². The maximum atomic E-state index is 11.3. The summed E-state index contributed by atoms with van der Waals surface area (Å²) in [5.74, 6) is -0.202. The van der Waals surface area contributed by atoms with Gasteiger partial charge in [-0.1, -0.05) is 19.1 Å². The summed E-state index contributed by atoms with van der Waals surface area (Å²) in [4.78, 5) is 0. The molecule has 4 nitrogen and oxygen atoms in total. The van der Waals surface area contributed by atoms with Gasteiger partial charge in [0, 0.05) is 11.4 Å². The first-order chi connectivity index (χ1) is 6.94. The highest BCUT2D eigenvalue weighted by Gasteiger charge is 2.16. The van der Waals surface area contributed by atoms with Crippen molar-refractivity contribution in [2.45, 2.75) is 13.0 Å². The summed E-state index contributed by atoms with van der Waals surface area (Å²) in [7, 11) is -3.16. The Balaban J connectivity index is 2.78. The molecule has 1 aromatic rings. The maximum absolute atomic E-state index is 11.3. The van der Waals surface area contributed by atoms with Gasteiger partial charge in [0.25, 0.3) is 0 Å². The van der Waals surface area contributed by atoms with Crippen molar-refractivity contribution in [2.75, 3.05) is 17.2 Å². The van der Waals surface area contributed by atoms with Crippen LogP contribution in [0.1, 0.15) is 18.6 Å². The lowest BCUT2D eigenvalue weighted by molar-refractivity contribution is 0.201. The highest BCUT2D eigenvalue weighted by Crippen LogP contribution is 2.16. The molecule has 0 radical (unpaired) electrons. The minimum atomic E-state index is -3.16. The zero-order chi connectivity index (χ0) is 11.5. The Labute approximate surface area is 89.7 Å². The van der Waals surface area contributed by atoms with Crippen molar-refractivity contribution in [1.82, 2.24) is 0 Å². The summed E-state index contributed by atoms with van der Waals surface area (Å²) in [5.41, 5.74) is 6.64. The lowest BCUT2D eigenvalue weighted by atomic mass is 10.1. The van der Waals surface area contributed by atoms with Gasteiger partial charge in [0.1, 0.15) is 0 Å². The molecule has 1 atom stereocenters. The number of sulfone groups is 1. The summed E-state index contributed by atoms with van der Waals surface area (Å²) >= 11 is 0. The number of hydrogen-bond donors (Lipinski definition) is 2. The number of nitrogen functional groups attached to an aromatic ring is 1. The largest absolute Gasteiger partial charge is 0.399 e. The summed E-state index contributed by atoms with van der Waals surface area (Å²) in [5, 5.41) is 9.66. The van der Waals surface area contributed by atoms with Gasteiger partial charge in [-0.25, -0.2) is 8.42 Å². The third kappa shape index (κ3) is 3.53. The van der Waals surface area contributed by atoms with Crippen LogP contribution in [0.4, 0.5) is 5.69 Å². The summed E-state index contributed by atoms with van der Waals surface area (Å²) in [6.45, 7) is 1.56. The first-order valence-electron chi connectivity index (χ1n) is 4.68. The Hall–Kier alpha value is -1.07. The molecule has 0 fully saturated rings. The van der Waals surface area contributed by atoms with Crippen LogP contribution in [0.25, 0.3) is 0 Å². The Kier molecular flexibility index (Phi) is 3.71. The second kappa shape index (κ2) is 4.63. The number of aliphatic hydroxyl groups is 1. The van der Waals surface area contributed by atoms with Crippen LogP contribution in [0.5, 0.6) is 0 Å². The van der Waals surface area contributed by atoms with Crippen LogP contribution in [-0.4, -0.2) is 25.0 Å². The highest BCUT2D eigenvalue weighted by molar-refractivity contribution is 7.91. The molecule has 5 heteroatoms. The van der Waals surface area contributed by atoms with Crippen LogP contribution in [0.2, 0.25) is 0 Å². The minimum Gasteiger partial charge on any atom is -0.399 e. The zero-order valence-corrected chi connectivity index (χ0v) is 9.37. The topological polar surface area (TPSA) is 80.4 Å². The van der Waals surface area contributed by atoms with E-state index >= 15 is 0 Å². The molecule has 0 aliphatic carbocycles. The number of nitrogens with two attached hydrogens (primary N) is 1. The van der Waals surface area contributed by atoms with Gasteiger partial charge in [-0.2, -0.15) is 0 Å². The van der Waals surface area contributed by atoms with Gasteiger partial charge in [0.2, 0.25) is 0 Å². The first kappa shape index (κ1) is 12.0. The standard InChI is InChI=1S/C10H15NO3S/c1-2-15(13,14)7-10(12)8-3-5-9(11)6-4-8/h3-6,10,12H,2,7,11H2,1H3/t10-/m1/s1. The van der Waals surface area contributed by atoms with Gasteiger partial charge in [-0.3, -0.25) is 0 Å². The molecule has 0 spiro atoms. The average molecular weight is 229 g/mol. The molecule has 0 aliphatic rings. The fraction of sp³-hybridized carbons (Fsp3) is 0.400.